The third-order valence-corrected chi connectivity index (χ3v) is 8.08. The van der Waals surface area contributed by atoms with E-state index in [1.807, 2.05) is 31.2 Å². The number of rotatable bonds is 6. The van der Waals surface area contributed by atoms with Crippen LogP contribution >= 0.6 is 11.3 Å². The normalized spacial score (nSPS) is 15.3. The highest BCUT2D eigenvalue weighted by Crippen LogP contribution is 2.20. The van der Waals surface area contributed by atoms with Crippen molar-refractivity contribution in [2.24, 2.45) is 0 Å². The first-order chi connectivity index (χ1) is 15.8. The minimum Gasteiger partial charge on any atom is -0.486 e. The van der Waals surface area contributed by atoms with Crippen molar-refractivity contribution in [3.8, 4) is 5.75 Å². The summed E-state index contributed by atoms with van der Waals surface area (Å²) in [5.41, 5.74) is 1.48. The molecule has 4 rings (SSSR count). The zero-order valence-electron chi connectivity index (χ0n) is 18.1. The maximum Gasteiger partial charge on any atom is 0.273 e. The first-order valence-corrected chi connectivity index (χ1v) is 12.8. The average Bonchev–Trinajstić information content (AvgIpc) is 3.13. The van der Waals surface area contributed by atoms with Crippen LogP contribution in [0.1, 0.15) is 27.5 Å². The van der Waals surface area contributed by atoms with Gasteiger partial charge in [-0.05, 0) is 49.7 Å². The van der Waals surface area contributed by atoms with E-state index in [4.69, 9.17) is 4.74 Å². The first-order valence-electron chi connectivity index (χ1n) is 10.5. The van der Waals surface area contributed by atoms with E-state index in [9.17, 15) is 17.6 Å². The molecule has 0 aliphatic carbocycles. The number of ether oxygens (including phenoxy) is 1. The van der Waals surface area contributed by atoms with Crippen LogP contribution in [0.5, 0.6) is 5.75 Å². The van der Waals surface area contributed by atoms with Crippen molar-refractivity contribution in [3.63, 3.8) is 0 Å². The molecule has 1 saturated heterocycles. The molecule has 33 heavy (non-hydrogen) atoms. The minimum absolute atomic E-state index is 0.0430. The highest BCUT2D eigenvalue weighted by Gasteiger charge is 2.29. The molecule has 1 aromatic heterocycles. The number of aromatic nitrogens is 1. The van der Waals surface area contributed by atoms with Crippen molar-refractivity contribution >= 4 is 27.3 Å². The fourth-order valence-corrected chi connectivity index (χ4v) is 5.66. The first kappa shape index (κ1) is 23.3. The van der Waals surface area contributed by atoms with Gasteiger partial charge in [0.05, 0.1) is 4.90 Å². The number of carbonyl (C=O) groups is 1. The van der Waals surface area contributed by atoms with Crippen LogP contribution in [0.15, 0.2) is 58.8 Å². The lowest BCUT2D eigenvalue weighted by Crippen LogP contribution is -2.37. The zero-order valence-corrected chi connectivity index (χ0v) is 19.7. The van der Waals surface area contributed by atoms with Crippen LogP contribution in [-0.2, 0) is 16.6 Å². The molecule has 10 heteroatoms. The summed E-state index contributed by atoms with van der Waals surface area (Å²) in [6.45, 7) is 3.41. The molecule has 174 valence electrons. The van der Waals surface area contributed by atoms with Crippen molar-refractivity contribution in [2.45, 2.75) is 24.8 Å². The van der Waals surface area contributed by atoms with E-state index in [2.05, 4.69) is 4.98 Å². The molecule has 0 bridgehead atoms. The monoisotopic (exact) mass is 489 g/mol. The van der Waals surface area contributed by atoms with Gasteiger partial charge in [0.25, 0.3) is 5.91 Å². The molecule has 0 spiro atoms. The fraction of sp³-hybridized carbons (Fsp3) is 0.304. The number of benzene rings is 2. The molecule has 7 nitrogen and oxygen atoms in total. The van der Waals surface area contributed by atoms with E-state index in [0.717, 1.165) is 23.4 Å². The Morgan fingerprint density at radius 2 is 1.79 bits per heavy atom. The van der Waals surface area contributed by atoms with Crippen molar-refractivity contribution in [2.75, 3.05) is 26.2 Å². The predicted octanol–water partition coefficient (Wildman–Crippen LogP) is 3.71. The quantitative estimate of drug-likeness (QED) is 0.528. The summed E-state index contributed by atoms with van der Waals surface area (Å²) in [6.07, 6.45) is 0.500. The number of carbonyl (C=O) groups excluding carboxylic acids is 1. The minimum atomic E-state index is -3.75. The summed E-state index contributed by atoms with van der Waals surface area (Å²) < 4.78 is 46.0. The summed E-state index contributed by atoms with van der Waals surface area (Å²) in [4.78, 5) is 19.0. The van der Waals surface area contributed by atoms with E-state index in [1.54, 1.807) is 10.3 Å². The third-order valence-electron chi connectivity index (χ3n) is 5.35. The standard InChI is InChI=1S/C23H24FN3O4S2/c1-17-3-7-19(8-4-17)31-15-22-25-21(16-32-22)23(28)26-11-2-12-27(14-13-26)33(29,30)20-9-5-18(24)6-10-20/h3-10,16H,2,11-15H2,1H3. The Labute approximate surface area is 196 Å². The third kappa shape index (κ3) is 5.58. The lowest BCUT2D eigenvalue weighted by molar-refractivity contribution is 0.0759. The number of nitrogens with zero attached hydrogens (tertiary/aromatic N) is 3. The fourth-order valence-electron chi connectivity index (χ4n) is 3.51. The number of hydrogen-bond acceptors (Lipinski definition) is 6. The number of hydrogen-bond donors (Lipinski definition) is 0. The van der Waals surface area contributed by atoms with Gasteiger partial charge < -0.3 is 9.64 Å². The lowest BCUT2D eigenvalue weighted by Gasteiger charge is -2.21. The Balaban J connectivity index is 1.36. The SMILES string of the molecule is Cc1ccc(OCc2nc(C(=O)N3CCCN(S(=O)(=O)c4ccc(F)cc4)CC3)cs2)cc1. The van der Waals surface area contributed by atoms with E-state index in [0.29, 0.717) is 23.7 Å². The molecule has 1 fully saturated rings. The number of thiazole rings is 1. The second kappa shape index (κ2) is 9.98. The number of sulfonamides is 1. The Bertz CT molecular complexity index is 1210. The largest absolute Gasteiger partial charge is 0.486 e. The van der Waals surface area contributed by atoms with Crippen LogP contribution in [0.2, 0.25) is 0 Å². The molecule has 0 unspecified atom stereocenters. The van der Waals surface area contributed by atoms with Gasteiger partial charge in [0.2, 0.25) is 10.0 Å². The van der Waals surface area contributed by atoms with Crippen molar-refractivity contribution in [1.82, 2.24) is 14.2 Å². The molecule has 0 N–H and O–H groups in total. The van der Waals surface area contributed by atoms with Crippen molar-refractivity contribution < 1.29 is 22.3 Å². The molecule has 2 heterocycles. The van der Waals surface area contributed by atoms with E-state index in [1.165, 1.54) is 27.8 Å². The number of halogens is 1. The van der Waals surface area contributed by atoms with Gasteiger partial charge in [-0.25, -0.2) is 17.8 Å². The molecule has 0 radical (unpaired) electrons. The van der Waals surface area contributed by atoms with Gasteiger partial charge in [0.15, 0.2) is 0 Å². The Kier molecular flexibility index (Phi) is 7.06. The second-order valence-corrected chi connectivity index (χ2v) is 10.6. The Hall–Kier alpha value is -2.82. The van der Waals surface area contributed by atoms with Crippen LogP contribution in [0, 0.1) is 12.7 Å². The summed E-state index contributed by atoms with van der Waals surface area (Å²) in [5, 5.41) is 2.39. The maximum absolute atomic E-state index is 13.2. The van der Waals surface area contributed by atoms with Crippen LogP contribution < -0.4 is 4.74 Å². The summed E-state index contributed by atoms with van der Waals surface area (Å²) >= 11 is 1.35. The van der Waals surface area contributed by atoms with Gasteiger partial charge >= 0.3 is 0 Å². The maximum atomic E-state index is 13.2. The topological polar surface area (TPSA) is 79.8 Å². The molecular weight excluding hydrogens is 465 g/mol. The highest BCUT2D eigenvalue weighted by atomic mass is 32.2. The summed E-state index contributed by atoms with van der Waals surface area (Å²) in [6, 6.07) is 12.5. The molecule has 0 saturated carbocycles. The highest BCUT2D eigenvalue weighted by molar-refractivity contribution is 7.89. The van der Waals surface area contributed by atoms with Gasteiger partial charge in [-0.1, -0.05) is 17.7 Å². The predicted molar refractivity (Wildman–Crippen MR) is 123 cm³/mol. The van der Waals surface area contributed by atoms with Crippen LogP contribution in [0.4, 0.5) is 4.39 Å². The van der Waals surface area contributed by atoms with Crippen molar-refractivity contribution in [3.05, 3.63) is 76.0 Å². The molecule has 2 aromatic carbocycles. The molecule has 1 aliphatic heterocycles. The van der Waals surface area contributed by atoms with E-state index >= 15 is 0 Å². The molecule has 3 aromatic rings. The van der Waals surface area contributed by atoms with Gasteiger partial charge in [0, 0.05) is 31.6 Å². The van der Waals surface area contributed by atoms with Crippen molar-refractivity contribution in [1.29, 1.82) is 0 Å². The van der Waals surface area contributed by atoms with Crippen LogP contribution in [0.25, 0.3) is 0 Å². The van der Waals surface area contributed by atoms with Gasteiger partial charge in [0.1, 0.15) is 28.9 Å². The van der Waals surface area contributed by atoms with Gasteiger partial charge in [-0.15, -0.1) is 11.3 Å². The number of aryl methyl sites for hydroxylation is 1. The zero-order chi connectivity index (χ0) is 23.4. The summed E-state index contributed by atoms with van der Waals surface area (Å²) in [5.74, 6) is 0.0148. The molecule has 1 amide bonds. The van der Waals surface area contributed by atoms with Crippen LogP contribution in [0.3, 0.4) is 0 Å². The lowest BCUT2D eigenvalue weighted by atomic mass is 10.2. The van der Waals surface area contributed by atoms with Gasteiger partial charge in [-0.2, -0.15) is 4.31 Å². The van der Waals surface area contributed by atoms with Gasteiger partial charge in [-0.3, -0.25) is 4.79 Å². The Morgan fingerprint density at radius 1 is 1.06 bits per heavy atom. The molecule has 1 aliphatic rings. The van der Waals surface area contributed by atoms with E-state index in [-0.39, 0.29) is 37.0 Å². The van der Waals surface area contributed by atoms with E-state index < -0.39 is 15.8 Å². The summed E-state index contributed by atoms with van der Waals surface area (Å²) in [7, 11) is -3.75. The molecular formula is C23H24FN3O4S2. The van der Waals surface area contributed by atoms with Crippen LogP contribution in [-0.4, -0.2) is 54.7 Å². The smallest absolute Gasteiger partial charge is 0.273 e. The second-order valence-electron chi connectivity index (χ2n) is 7.73. The number of amides is 1. The average molecular weight is 490 g/mol. The Morgan fingerprint density at radius 3 is 2.52 bits per heavy atom. The molecule has 0 atom stereocenters.